The fraction of sp³-hybridized carbons (Fsp3) is 0.0909. The van der Waals surface area contributed by atoms with Crippen molar-refractivity contribution in [2.24, 2.45) is 0 Å². The van der Waals surface area contributed by atoms with Gasteiger partial charge in [-0.15, -0.1) is 0 Å². The topological polar surface area (TPSA) is 49.4 Å². The van der Waals surface area contributed by atoms with Gasteiger partial charge < -0.3 is 10.2 Å². The first kappa shape index (κ1) is 18.7. The number of hydrogen-bond donors (Lipinski definition) is 1. The average Bonchev–Trinajstić information content (AvgIpc) is 2.70. The lowest BCUT2D eigenvalue weighted by atomic mass is 10.1. The Balaban J connectivity index is 1.88. The average molecular weight is 379 g/mol. The van der Waals surface area contributed by atoms with Crippen molar-refractivity contribution in [2.45, 2.75) is 6.92 Å². The summed E-state index contributed by atoms with van der Waals surface area (Å²) in [5.74, 6) is -0.467. The molecule has 0 bridgehead atoms. The molecular weight excluding hydrogens is 360 g/mol. The second kappa shape index (κ2) is 8.52. The molecule has 0 aromatic heterocycles. The van der Waals surface area contributed by atoms with Crippen molar-refractivity contribution in [2.75, 3.05) is 16.8 Å². The highest BCUT2D eigenvalue weighted by Gasteiger charge is 2.20. The number of carbonyl (C=O) groups is 2. The molecule has 4 nitrogen and oxygen atoms in total. The van der Waals surface area contributed by atoms with Gasteiger partial charge in [0.2, 0.25) is 0 Å². The van der Waals surface area contributed by atoms with Gasteiger partial charge >= 0.3 is 0 Å². The molecule has 3 rings (SSSR count). The molecule has 0 aliphatic heterocycles. The minimum Gasteiger partial charge on any atom is -0.321 e. The van der Waals surface area contributed by atoms with E-state index in [-0.39, 0.29) is 11.8 Å². The lowest BCUT2D eigenvalue weighted by Crippen LogP contribution is -2.31. The van der Waals surface area contributed by atoms with Gasteiger partial charge in [0, 0.05) is 22.8 Å². The van der Waals surface area contributed by atoms with E-state index >= 15 is 0 Å². The quantitative estimate of drug-likeness (QED) is 0.658. The van der Waals surface area contributed by atoms with Gasteiger partial charge in [0.25, 0.3) is 11.8 Å². The minimum atomic E-state index is -0.297. The van der Waals surface area contributed by atoms with Crippen LogP contribution in [-0.4, -0.2) is 18.4 Å². The Labute approximate surface area is 163 Å². The van der Waals surface area contributed by atoms with Crippen LogP contribution in [0.15, 0.2) is 78.9 Å². The molecule has 1 N–H and O–H groups in total. The van der Waals surface area contributed by atoms with Gasteiger partial charge in [-0.25, -0.2) is 0 Å². The Hall–Kier alpha value is -3.11. The molecule has 0 aliphatic carbocycles. The number of nitrogens with one attached hydrogen (secondary N) is 1. The van der Waals surface area contributed by atoms with E-state index in [0.29, 0.717) is 28.4 Å². The Morgan fingerprint density at radius 2 is 1.52 bits per heavy atom. The minimum absolute atomic E-state index is 0.171. The maximum Gasteiger partial charge on any atom is 0.260 e. The van der Waals surface area contributed by atoms with E-state index in [4.69, 9.17) is 11.6 Å². The first-order chi connectivity index (χ1) is 13.1. The maximum atomic E-state index is 13.1. The summed E-state index contributed by atoms with van der Waals surface area (Å²) in [5, 5.41) is 3.39. The molecule has 0 saturated carbocycles. The molecule has 3 aromatic rings. The Morgan fingerprint density at radius 1 is 0.889 bits per heavy atom. The monoisotopic (exact) mass is 378 g/mol. The number of amides is 2. The summed E-state index contributed by atoms with van der Waals surface area (Å²) in [6, 6.07) is 23.0. The van der Waals surface area contributed by atoms with Crippen LogP contribution >= 0.6 is 11.6 Å². The van der Waals surface area contributed by atoms with Crippen molar-refractivity contribution >= 4 is 34.8 Å². The number of halogens is 1. The summed E-state index contributed by atoms with van der Waals surface area (Å²) >= 11 is 5.87. The number of hydrogen-bond acceptors (Lipinski definition) is 2. The van der Waals surface area contributed by atoms with E-state index < -0.39 is 0 Å². The Morgan fingerprint density at radius 3 is 2.19 bits per heavy atom. The van der Waals surface area contributed by atoms with Gasteiger partial charge in [-0.3, -0.25) is 9.59 Å². The highest BCUT2D eigenvalue weighted by Crippen LogP contribution is 2.22. The fourth-order valence-corrected chi connectivity index (χ4v) is 2.90. The lowest BCUT2D eigenvalue weighted by Gasteiger charge is -2.22. The summed E-state index contributed by atoms with van der Waals surface area (Å²) in [7, 11) is 0. The van der Waals surface area contributed by atoms with E-state index in [1.165, 1.54) is 0 Å². The first-order valence-electron chi connectivity index (χ1n) is 8.63. The summed E-state index contributed by atoms with van der Waals surface area (Å²) in [4.78, 5) is 27.3. The molecule has 5 heteroatoms. The SMILES string of the molecule is CCN(C(=O)c1ccccc1NC(=O)c1ccc(Cl)cc1)c1ccccc1. The zero-order chi connectivity index (χ0) is 19.2. The molecule has 0 spiro atoms. The highest BCUT2D eigenvalue weighted by atomic mass is 35.5. The number of benzene rings is 3. The predicted molar refractivity (Wildman–Crippen MR) is 110 cm³/mol. The molecular formula is C22H19ClN2O2. The largest absolute Gasteiger partial charge is 0.321 e. The molecule has 27 heavy (non-hydrogen) atoms. The van der Waals surface area contributed by atoms with Crippen molar-refractivity contribution in [1.29, 1.82) is 0 Å². The molecule has 3 aromatic carbocycles. The van der Waals surface area contributed by atoms with E-state index in [9.17, 15) is 9.59 Å². The van der Waals surface area contributed by atoms with Crippen LogP contribution < -0.4 is 10.2 Å². The second-order valence-corrected chi connectivity index (χ2v) is 6.33. The van der Waals surface area contributed by atoms with Crippen LogP contribution in [0.4, 0.5) is 11.4 Å². The second-order valence-electron chi connectivity index (χ2n) is 5.89. The third-order valence-corrected chi connectivity index (χ3v) is 4.39. The molecule has 136 valence electrons. The molecule has 0 atom stereocenters. The van der Waals surface area contributed by atoms with Crippen LogP contribution in [0.1, 0.15) is 27.6 Å². The number of carbonyl (C=O) groups excluding carboxylic acids is 2. The number of nitrogens with zero attached hydrogens (tertiary/aromatic N) is 1. The molecule has 0 radical (unpaired) electrons. The van der Waals surface area contributed by atoms with Crippen LogP contribution in [0, 0.1) is 0 Å². The number of para-hydroxylation sites is 2. The van der Waals surface area contributed by atoms with Crippen LogP contribution in [0.3, 0.4) is 0 Å². The van der Waals surface area contributed by atoms with E-state index in [1.807, 2.05) is 37.3 Å². The van der Waals surface area contributed by atoms with Crippen molar-refractivity contribution in [3.8, 4) is 0 Å². The smallest absolute Gasteiger partial charge is 0.260 e. The lowest BCUT2D eigenvalue weighted by molar-refractivity contribution is 0.0989. The van der Waals surface area contributed by atoms with Gasteiger partial charge in [0.05, 0.1) is 11.3 Å². The van der Waals surface area contributed by atoms with Gasteiger partial charge in [-0.2, -0.15) is 0 Å². The zero-order valence-electron chi connectivity index (χ0n) is 14.9. The predicted octanol–water partition coefficient (Wildman–Crippen LogP) is 5.26. The zero-order valence-corrected chi connectivity index (χ0v) is 15.6. The summed E-state index contributed by atoms with van der Waals surface area (Å²) in [5.41, 5.74) is 2.18. The van der Waals surface area contributed by atoms with Crippen LogP contribution in [0.25, 0.3) is 0 Å². The van der Waals surface area contributed by atoms with Gasteiger partial charge in [0.1, 0.15) is 0 Å². The standard InChI is InChI=1S/C22H19ClN2O2/c1-2-25(18-8-4-3-5-9-18)22(27)19-10-6-7-11-20(19)24-21(26)16-12-14-17(23)15-13-16/h3-15H,2H2,1H3,(H,24,26). The van der Waals surface area contributed by atoms with Crippen molar-refractivity contribution < 1.29 is 9.59 Å². The molecule has 0 saturated heterocycles. The molecule has 0 unspecified atom stereocenters. The summed E-state index contributed by atoms with van der Waals surface area (Å²) in [6.45, 7) is 2.43. The fourth-order valence-electron chi connectivity index (χ4n) is 2.77. The van der Waals surface area contributed by atoms with Crippen molar-refractivity contribution in [3.63, 3.8) is 0 Å². The molecule has 0 heterocycles. The van der Waals surface area contributed by atoms with Crippen LogP contribution in [0.5, 0.6) is 0 Å². The number of anilines is 2. The third kappa shape index (κ3) is 4.36. The molecule has 2 amide bonds. The van der Waals surface area contributed by atoms with E-state index in [1.54, 1.807) is 53.4 Å². The maximum absolute atomic E-state index is 13.1. The summed E-state index contributed by atoms with van der Waals surface area (Å²) < 4.78 is 0. The normalized spacial score (nSPS) is 10.3. The van der Waals surface area contributed by atoms with Gasteiger partial charge in [0.15, 0.2) is 0 Å². The summed E-state index contributed by atoms with van der Waals surface area (Å²) in [6.07, 6.45) is 0. The molecule has 0 fully saturated rings. The Bertz CT molecular complexity index is 940. The van der Waals surface area contributed by atoms with Gasteiger partial charge in [-0.05, 0) is 55.5 Å². The van der Waals surface area contributed by atoms with Crippen LogP contribution in [-0.2, 0) is 0 Å². The molecule has 0 aliphatic rings. The van der Waals surface area contributed by atoms with Crippen LogP contribution in [0.2, 0.25) is 5.02 Å². The van der Waals surface area contributed by atoms with E-state index in [0.717, 1.165) is 5.69 Å². The van der Waals surface area contributed by atoms with Gasteiger partial charge in [-0.1, -0.05) is 41.9 Å². The van der Waals surface area contributed by atoms with E-state index in [2.05, 4.69) is 5.32 Å². The van der Waals surface area contributed by atoms with Crippen molar-refractivity contribution in [3.05, 3.63) is 95.0 Å². The highest BCUT2D eigenvalue weighted by molar-refractivity contribution is 6.30. The first-order valence-corrected chi connectivity index (χ1v) is 9.01. The third-order valence-electron chi connectivity index (χ3n) is 4.14. The Kier molecular flexibility index (Phi) is 5.89. The van der Waals surface area contributed by atoms with Crippen molar-refractivity contribution in [1.82, 2.24) is 0 Å². The number of rotatable bonds is 5.